The average molecular weight is 212 g/mol. The van der Waals surface area contributed by atoms with Gasteiger partial charge < -0.3 is 10.2 Å². The zero-order chi connectivity index (χ0) is 11.3. The van der Waals surface area contributed by atoms with Gasteiger partial charge in [0.15, 0.2) is 0 Å². The molecule has 0 aromatic carbocycles. The molecule has 1 amide bonds. The maximum atomic E-state index is 11.9. The van der Waals surface area contributed by atoms with Crippen LogP contribution in [0.4, 0.5) is 0 Å². The van der Waals surface area contributed by atoms with Crippen LogP contribution in [0, 0.1) is 5.92 Å². The van der Waals surface area contributed by atoms with Gasteiger partial charge in [0.2, 0.25) is 5.91 Å². The SMILES string of the molecule is CNCCCC(=O)N1CCCC1C(C)C. The number of nitrogens with one attached hydrogen (secondary N) is 1. The van der Waals surface area contributed by atoms with E-state index in [0.29, 0.717) is 24.3 Å². The topological polar surface area (TPSA) is 32.3 Å². The van der Waals surface area contributed by atoms with Gasteiger partial charge in [0.25, 0.3) is 0 Å². The zero-order valence-electron chi connectivity index (χ0n) is 10.3. The van der Waals surface area contributed by atoms with Crippen molar-refractivity contribution in [1.82, 2.24) is 10.2 Å². The van der Waals surface area contributed by atoms with Gasteiger partial charge in [0.05, 0.1) is 0 Å². The van der Waals surface area contributed by atoms with Crippen LogP contribution >= 0.6 is 0 Å². The van der Waals surface area contributed by atoms with Crippen LogP contribution in [0.25, 0.3) is 0 Å². The Morgan fingerprint density at radius 2 is 2.27 bits per heavy atom. The molecule has 0 bridgehead atoms. The first-order valence-corrected chi connectivity index (χ1v) is 6.11. The monoisotopic (exact) mass is 212 g/mol. The smallest absolute Gasteiger partial charge is 0.222 e. The summed E-state index contributed by atoms with van der Waals surface area (Å²) in [6.45, 7) is 6.33. The van der Waals surface area contributed by atoms with Crippen LogP contribution in [-0.4, -0.2) is 37.0 Å². The molecule has 15 heavy (non-hydrogen) atoms. The summed E-state index contributed by atoms with van der Waals surface area (Å²) in [5, 5.41) is 3.08. The molecular weight excluding hydrogens is 188 g/mol. The van der Waals surface area contributed by atoms with Gasteiger partial charge in [0, 0.05) is 19.0 Å². The lowest BCUT2D eigenvalue weighted by Gasteiger charge is -2.27. The summed E-state index contributed by atoms with van der Waals surface area (Å²) in [4.78, 5) is 14.0. The fourth-order valence-corrected chi connectivity index (χ4v) is 2.36. The minimum absolute atomic E-state index is 0.349. The van der Waals surface area contributed by atoms with Crippen molar-refractivity contribution in [2.24, 2.45) is 5.92 Å². The molecule has 0 radical (unpaired) electrons. The standard InChI is InChI=1S/C12H24N2O/c1-10(2)11-6-5-9-14(11)12(15)7-4-8-13-3/h10-11,13H,4-9H2,1-3H3. The lowest BCUT2D eigenvalue weighted by atomic mass is 10.0. The molecule has 1 unspecified atom stereocenters. The second kappa shape index (κ2) is 6.11. The molecule has 3 heteroatoms. The summed E-state index contributed by atoms with van der Waals surface area (Å²) in [5.74, 6) is 0.946. The highest BCUT2D eigenvalue weighted by atomic mass is 16.2. The van der Waals surface area contributed by atoms with Crippen molar-refractivity contribution in [3.05, 3.63) is 0 Å². The molecule has 88 valence electrons. The number of hydrogen-bond acceptors (Lipinski definition) is 2. The van der Waals surface area contributed by atoms with Crippen molar-refractivity contribution in [2.75, 3.05) is 20.1 Å². The van der Waals surface area contributed by atoms with E-state index in [1.165, 1.54) is 12.8 Å². The van der Waals surface area contributed by atoms with Crippen molar-refractivity contribution < 1.29 is 4.79 Å². The third kappa shape index (κ3) is 3.49. The molecular formula is C12H24N2O. The van der Waals surface area contributed by atoms with Crippen molar-refractivity contribution >= 4 is 5.91 Å². The molecule has 1 rings (SSSR count). The third-order valence-electron chi connectivity index (χ3n) is 3.21. The second-order valence-electron chi connectivity index (χ2n) is 4.75. The second-order valence-corrected chi connectivity index (χ2v) is 4.75. The number of likely N-dealkylation sites (tertiary alicyclic amines) is 1. The summed E-state index contributed by atoms with van der Waals surface area (Å²) in [5.41, 5.74) is 0. The lowest BCUT2D eigenvalue weighted by Crippen LogP contribution is -2.38. The molecule has 0 aromatic rings. The molecule has 1 saturated heterocycles. The Hall–Kier alpha value is -0.570. The first-order chi connectivity index (χ1) is 7.16. The zero-order valence-corrected chi connectivity index (χ0v) is 10.3. The number of nitrogens with zero attached hydrogens (tertiary/aromatic N) is 1. The summed E-state index contributed by atoms with van der Waals surface area (Å²) in [6.07, 6.45) is 4.02. The largest absolute Gasteiger partial charge is 0.339 e. The predicted molar refractivity (Wildman–Crippen MR) is 62.7 cm³/mol. The van der Waals surface area contributed by atoms with E-state index in [2.05, 4.69) is 24.1 Å². The number of hydrogen-bond donors (Lipinski definition) is 1. The van der Waals surface area contributed by atoms with E-state index < -0.39 is 0 Å². The van der Waals surface area contributed by atoms with Gasteiger partial charge in [-0.05, 0) is 38.8 Å². The summed E-state index contributed by atoms with van der Waals surface area (Å²) >= 11 is 0. The molecule has 1 fully saturated rings. The Kier molecular flexibility index (Phi) is 5.09. The van der Waals surface area contributed by atoms with Crippen LogP contribution in [0.1, 0.15) is 39.5 Å². The normalized spacial score (nSPS) is 21.3. The molecule has 1 heterocycles. The van der Waals surface area contributed by atoms with E-state index >= 15 is 0 Å². The maximum Gasteiger partial charge on any atom is 0.222 e. The van der Waals surface area contributed by atoms with Crippen molar-refractivity contribution in [3.63, 3.8) is 0 Å². The van der Waals surface area contributed by atoms with Gasteiger partial charge in [-0.1, -0.05) is 13.8 Å². The maximum absolute atomic E-state index is 11.9. The molecule has 1 atom stereocenters. The lowest BCUT2D eigenvalue weighted by molar-refractivity contribution is -0.132. The van der Waals surface area contributed by atoms with Crippen molar-refractivity contribution in [2.45, 2.75) is 45.6 Å². The van der Waals surface area contributed by atoms with Gasteiger partial charge in [-0.2, -0.15) is 0 Å². The van der Waals surface area contributed by atoms with Crippen molar-refractivity contribution in [1.29, 1.82) is 0 Å². The molecule has 3 nitrogen and oxygen atoms in total. The van der Waals surface area contributed by atoms with E-state index in [1.54, 1.807) is 0 Å². The minimum Gasteiger partial charge on any atom is -0.339 e. The van der Waals surface area contributed by atoms with Crippen LogP contribution in [0.3, 0.4) is 0 Å². The fourth-order valence-electron chi connectivity index (χ4n) is 2.36. The number of carbonyl (C=O) groups excluding carboxylic acids is 1. The summed E-state index contributed by atoms with van der Waals surface area (Å²) in [6, 6.07) is 0.493. The van der Waals surface area contributed by atoms with Crippen LogP contribution in [0.15, 0.2) is 0 Å². The Morgan fingerprint density at radius 1 is 1.53 bits per heavy atom. The van der Waals surface area contributed by atoms with E-state index in [-0.39, 0.29) is 0 Å². The molecule has 0 saturated carbocycles. The molecule has 0 aromatic heterocycles. The molecule has 0 aliphatic carbocycles. The third-order valence-corrected chi connectivity index (χ3v) is 3.21. The first kappa shape index (κ1) is 12.5. The number of amides is 1. The van der Waals surface area contributed by atoms with Gasteiger partial charge in [0.1, 0.15) is 0 Å². The van der Waals surface area contributed by atoms with Gasteiger partial charge in [-0.15, -0.1) is 0 Å². The highest BCUT2D eigenvalue weighted by Gasteiger charge is 2.29. The molecule has 1 aliphatic heterocycles. The van der Waals surface area contributed by atoms with Crippen molar-refractivity contribution in [3.8, 4) is 0 Å². The molecule has 1 aliphatic rings. The highest BCUT2D eigenvalue weighted by Crippen LogP contribution is 2.24. The summed E-state index contributed by atoms with van der Waals surface area (Å²) in [7, 11) is 1.93. The van der Waals surface area contributed by atoms with E-state index in [0.717, 1.165) is 19.5 Å². The van der Waals surface area contributed by atoms with Crippen LogP contribution in [0.2, 0.25) is 0 Å². The first-order valence-electron chi connectivity index (χ1n) is 6.11. The highest BCUT2D eigenvalue weighted by molar-refractivity contribution is 5.76. The van der Waals surface area contributed by atoms with Gasteiger partial charge in [-0.25, -0.2) is 0 Å². The van der Waals surface area contributed by atoms with E-state index in [4.69, 9.17) is 0 Å². The minimum atomic E-state index is 0.349. The van der Waals surface area contributed by atoms with Crippen LogP contribution in [0.5, 0.6) is 0 Å². The fraction of sp³-hybridized carbons (Fsp3) is 0.917. The quantitative estimate of drug-likeness (QED) is 0.703. The number of rotatable bonds is 5. The van der Waals surface area contributed by atoms with Crippen LogP contribution in [-0.2, 0) is 4.79 Å². The van der Waals surface area contributed by atoms with E-state index in [1.807, 2.05) is 7.05 Å². The predicted octanol–water partition coefficient (Wildman–Crippen LogP) is 1.63. The Balaban J connectivity index is 2.37. The summed E-state index contributed by atoms with van der Waals surface area (Å²) < 4.78 is 0. The van der Waals surface area contributed by atoms with Gasteiger partial charge >= 0.3 is 0 Å². The molecule has 1 N–H and O–H groups in total. The van der Waals surface area contributed by atoms with Gasteiger partial charge in [-0.3, -0.25) is 4.79 Å². The molecule has 0 spiro atoms. The van der Waals surface area contributed by atoms with Crippen LogP contribution < -0.4 is 5.32 Å². The Labute approximate surface area is 93.2 Å². The number of carbonyl (C=O) groups is 1. The Morgan fingerprint density at radius 3 is 2.87 bits per heavy atom. The Bertz CT molecular complexity index is 204. The average Bonchev–Trinajstić information content (AvgIpc) is 2.66. The van der Waals surface area contributed by atoms with E-state index in [9.17, 15) is 4.79 Å².